The van der Waals surface area contributed by atoms with Crippen LogP contribution in [-0.4, -0.2) is 42.4 Å². The zero-order chi connectivity index (χ0) is 24.0. The van der Waals surface area contributed by atoms with E-state index < -0.39 is 0 Å². The molecule has 0 aliphatic rings. The second-order valence-electron chi connectivity index (χ2n) is 7.72. The summed E-state index contributed by atoms with van der Waals surface area (Å²) in [6.07, 6.45) is 0.719. The van der Waals surface area contributed by atoms with Gasteiger partial charge >= 0.3 is 0 Å². The molecule has 3 aromatic rings. The first kappa shape index (κ1) is 23.8. The van der Waals surface area contributed by atoms with Gasteiger partial charge < -0.3 is 14.8 Å². The first-order chi connectivity index (χ1) is 15.8. The van der Waals surface area contributed by atoms with Gasteiger partial charge in [0, 0.05) is 30.5 Å². The van der Waals surface area contributed by atoms with Gasteiger partial charge in [0.15, 0.2) is 11.5 Å². The lowest BCUT2D eigenvalue weighted by Gasteiger charge is -2.14. The standard InChI is InChI=1S/C25H31N5O3/c1-16-9-7-8-10-21(16)27-25(26-14-13-20-17(2)29-30(4)18(20)3)28-24(31)19-11-12-22(32-5)23(15-19)33-6/h7-12,15H,13-14H2,1-6H3,(H2,26,27,28,31). The fraction of sp³-hybridized carbons (Fsp3) is 0.320. The Morgan fingerprint density at radius 3 is 2.42 bits per heavy atom. The number of carbonyl (C=O) groups is 1. The van der Waals surface area contributed by atoms with Crippen LogP contribution < -0.4 is 20.1 Å². The van der Waals surface area contributed by atoms with Crippen LogP contribution in [0.5, 0.6) is 11.5 Å². The largest absolute Gasteiger partial charge is 0.493 e. The fourth-order valence-electron chi connectivity index (χ4n) is 3.57. The Labute approximate surface area is 194 Å². The number of aryl methyl sites for hydroxylation is 3. The first-order valence-electron chi connectivity index (χ1n) is 10.7. The van der Waals surface area contributed by atoms with Gasteiger partial charge in [-0.1, -0.05) is 18.2 Å². The van der Waals surface area contributed by atoms with Gasteiger partial charge in [-0.15, -0.1) is 0 Å². The predicted molar refractivity (Wildman–Crippen MR) is 131 cm³/mol. The third-order valence-corrected chi connectivity index (χ3v) is 5.57. The van der Waals surface area contributed by atoms with Gasteiger partial charge in [0.05, 0.1) is 19.9 Å². The minimum absolute atomic E-state index is 0.301. The predicted octanol–water partition coefficient (Wildman–Crippen LogP) is 3.80. The summed E-state index contributed by atoms with van der Waals surface area (Å²) in [5.74, 6) is 1.12. The van der Waals surface area contributed by atoms with Gasteiger partial charge in [-0.05, 0) is 62.6 Å². The van der Waals surface area contributed by atoms with Crippen molar-refractivity contribution < 1.29 is 14.3 Å². The van der Waals surface area contributed by atoms with E-state index in [2.05, 4.69) is 20.7 Å². The summed E-state index contributed by atoms with van der Waals surface area (Å²) in [5.41, 5.74) is 5.63. The van der Waals surface area contributed by atoms with Crippen LogP contribution in [0.25, 0.3) is 0 Å². The molecule has 0 atom stereocenters. The number of carbonyl (C=O) groups excluding carboxylic acids is 1. The molecule has 0 aliphatic heterocycles. The van der Waals surface area contributed by atoms with Crippen molar-refractivity contribution >= 4 is 17.6 Å². The van der Waals surface area contributed by atoms with Crippen molar-refractivity contribution in [2.75, 3.05) is 26.1 Å². The second-order valence-corrected chi connectivity index (χ2v) is 7.72. The summed E-state index contributed by atoms with van der Waals surface area (Å²) in [6.45, 7) is 6.54. The summed E-state index contributed by atoms with van der Waals surface area (Å²) in [7, 11) is 5.03. The van der Waals surface area contributed by atoms with Gasteiger partial charge in [-0.3, -0.25) is 19.8 Å². The Morgan fingerprint density at radius 2 is 1.79 bits per heavy atom. The van der Waals surface area contributed by atoms with Crippen LogP contribution in [0, 0.1) is 20.8 Å². The Bertz CT molecular complexity index is 1170. The third-order valence-electron chi connectivity index (χ3n) is 5.57. The summed E-state index contributed by atoms with van der Waals surface area (Å²) < 4.78 is 12.5. The summed E-state index contributed by atoms with van der Waals surface area (Å²) in [6, 6.07) is 12.9. The number of para-hydroxylation sites is 1. The average Bonchev–Trinajstić information content (AvgIpc) is 3.05. The first-order valence-corrected chi connectivity index (χ1v) is 10.7. The van der Waals surface area contributed by atoms with Crippen LogP contribution in [0.15, 0.2) is 47.5 Å². The molecule has 1 aromatic heterocycles. The number of guanidine groups is 1. The average molecular weight is 450 g/mol. The van der Waals surface area contributed by atoms with Crippen LogP contribution >= 0.6 is 0 Å². The van der Waals surface area contributed by atoms with Crippen LogP contribution in [0.3, 0.4) is 0 Å². The molecule has 0 spiro atoms. The summed E-state index contributed by atoms with van der Waals surface area (Å²) in [4.78, 5) is 17.7. The van der Waals surface area contributed by atoms with Crippen molar-refractivity contribution in [3.05, 3.63) is 70.5 Å². The molecule has 0 bridgehead atoms. The fourth-order valence-corrected chi connectivity index (χ4v) is 3.57. The Balaban J connectivity index is 1.82. The minimum atomic E-state index is -0.301. The van der Waals surface area contributed by atoms with Crippen LogP contribution in [0.2, 0.25) is 0 Å². The molecule has 0 saturated heterocycles. The van der Waals surface area contributed by atoms with E-state index in [0.29, 0.717) is 29.6 Å². The smallest absolute Gasteiger partial charge is 0.258 e. The summed E-state index contributed by atoms with van der Waals surface area (Å²) in [5, 5.41) is 10.6. The SMILES string of the molecule is COc1ccc(C(=O)NC(=NCCc2c(C)nn(C)c2C)Nc2ccccc2C)cc1OC. The second kappa shape index (κ2) is 10.7. The lowest BCUT2D eigenvalue weighted by atomic mass is 10.1. The molecule has 8 nitrogen and oxygen atoms in total. The number of hydrogen-bond acceptors (Lipinski definition) is 5. The highest BCUT2D eigenvalue weighted by molar-refractivity contribution is 6.10. The van der Waals surface area contributed by atoms with Crippen LogP contribution in [0.1, 0.15) is 32.9 Å². The van der Waals surface area contributed by atoms with Crippen molar-refractivity contribution in [1.29, 1.82) is 0 Å². The molecule has 33 heavy (non-hydrogen) atoms. The van der Waals surface area contributed by atoms with E-state index >= 15 is 0 Å². The van der Waals surface area contributed by atoms with E-state index in [-0.39, 0.29) is 5.91 Å². The van der Waals surface area contributed by atoms with Crippen molar-refractivity contribution in [3.63, 3.8) is 0 Å². The normalized spacial score (nSPS) is 11.3. The number of benzene rings is 2. The van der Waals surface area contributed by atoms with Gasteiger partial charge in [-0.2, -0.15) is 5.10 Å². The lowest BCUT2D eigenvalue weighted by Crippen LogP contribution is -2.36. The maximum Gasteiger partial charge on any atom is 0.258 e. The number of nitrogens with one attached hydrogen (secondary N) is 2. The highest BCUT2D eigenvalue weighted by atomic mass is 16.5. The monoisotopic (exact) mass is 449 g/mol. The maximum atomic E-state index is 13.0. The van der Waals surface area contributed by atoms with Crippen LogP contribution in [-0.2, 0) is 13.5 Å². The Kier molecular flexibility index (Phi) is 7.71. The minimum Gasteiger partial charge on any atom is -0.493 e. The summed E-state index contributed by atoms with van der Waals surface area (Å²) >= 11 is 0. The molecule has 3 rings (SSSR count). The zero-order valence-corrected chi connectivity index (χ0v) is 20.0. The van der Waals surface area contributed by atoms with Crippen molar-refractivity contribution in [3.8, 4) is 11.5 Å². The number of aromatic nitrogens is 2. The van der Waals surface area contributed by atoms with Crippen molar-refractivity contribution in [2.24, 2.45) is 12.0 Å². The topological polar surface area (TPSA) is 89.8 Å². The number of methoxy groups -OCH3 is 2. The highest BCUT2D eigenvalue weighted by Gasteiger charge is 2.14. The Hall–Kier alpha value is -3.81. The van der Waals surface area contributed by atoms with E-state index in [1.54, 1.807) is 25.3 Å². The van der Waals surface area contributed by atoms with Gasteiger partial charge in [0.2, 0.25) is 5.96 Å². The van der Waals surface area contributed by atoms with Crippen molar-refractivity contribution in [1.82, 2.24) is 15.1 Å². The van der Waals surface area contributed by atoms with Gasteiger partial charge in [-0.25, -0.2) is 0 Å². The van der Waals surface area contributed by atoms with E-state index in [9.17, 15) is 4.79 Å². The molecule has 0 unspecified atom stereocenters. The van der Waals surface area contributed by atoms with Gasteiger partial charge in [0.25, 0.3) is 5.91 Å². The molecule has 0 aliphatic carbocycles. The molecule has 0 saturated carbocycles. The molecule has 2 N–H and O–H groups in total. The lowest BCUT2D eigenvalue weighted by molar-refractivity contribution is 0.0976. The number of anilines is 1. The molecular weight excluding hydrogens is 418 g/mol. The Morgan fingerprint density at radius 1 is 1.06 bits per heavy atom. The van der Waals surface area contributed by atoms with E-state index in [0.717, 1.165) is 29.1 Å². The quantitative estimate of drug-likeness (QED) is 0.423. The number of aliphatic imine (C=N–C) groups is 1. The molecule has 2 aromatic carbocycles. The zero-order valence-electron chi connectivity index (χ0n) is 20.0. The molecule has 1 amide bonds. The molecule has 1 heterocycles. The van der Waals surface area contributed by atoms with Crippen LogP contribution in [0.4, 0.5) is 5.69 Å². The van der Waals surface area contributed by atoms with Gasteiger partial charge in [0.1, 0.15) is 0 Å². The molecular formula is C25H31N5O3. The molecule has 8 heteroatoms. The maximum absolute atomic E-state index is 13.0. The van der Waals surface area contributed by atoms with E-state index in [4.69, 9.17) is 9.47 Å². The van der Waals surface area contributed by atoms with Crippen molar-refractivity contribution in [2.45, 2.75) is 27.2 Å². The number of hydrogen-bond donors (Lipinski definition) is 2. The molecule has 174 valence electrons. The number of amides is 1. The molecule has 0 radical (unpaired) electrons. The highest BCUT2D eigenvalue weighted by Crippen LogP contribution is 2.27. The van der Waals surface area contributed by atoms with E-state index in [1.807, 2.05) is 56.8 Å². The van der Waals surface area contributed by atoms with E-state index in [1.165, 1.54) is 12.7 Å². The number of rotatable bonds is 7. The number of nitrogens with zero attached hydrogens (tertiary/aromatic N) is 3. The molecule has 0 fully saturated rings. The number of ether oxygens (including phenoxy) is 2. The third kappa shape index (κ3) is 5.71.